The molecule has 0 radical (unpaired) electrons. The van der Waals surface area contributed by atoms with Crippen LogP contribution < -0.4 is 4.90 Å². The maximum Gasteiger partial charge on any atom is 0.296 e. The van der Waals surface area contributed by atoms with Crippen molar-refractivity contribution in [2.75, 3.05) is 24.7 Å². The zero-order valence-corrected chi connectivity index (χ0v) is 23.2. The van der Waals surface area contributed by atoms with Crippen molar-refractivity contribution < 1.29 is 27.1 Å². The number of carbonyl (C=O) groups is 1. The fraction of sp³-hybridized carbons (Fsp3) is 0.321. The minimum atomic E-state index is -3.85. The number of benzene rings is 3. The van der Waals surface area contributed by atoms with Gasteiger partial charge in [-0.3, -0.25) is 19.1 Å². The van der Waals surface area contributed by atoms with Crippen LogP contribution in [0.3, 0.4) is 0 Å². The molecule has 39 heavy (non-hydrogen) atoms. The van der Waals surface area contributed by atoms with Crippen molar-refractivity contribution in [3.8, 4) is 0 Å². The van der Waals surface area contributed by atoms with E-state index in [2.05, 4.69) is 0 Å². The molecule has 1 aliphatic heterocycles. The van der Waals surface area contributed by atoms with Gasteiger partial charge in [-0.25, -0.2) is 0 Å². The molecule has 0 saturated heterocycles. The van der Waals surface area contributed by atoms with Crippen LogP contribution in [0.4, 0.5) is 11.4 Å². The Morgan fingerprint density at radius 1 is 1.08 bits per heavy atom. The van der Waals surface area contributed by atoms with Gasteiger partial charge in [-0.2, -0.15) is 8.42 Å². The topological polar surface area (TPSA) is 116 Å². The van der Waals surface area contributed by atoms with E-state index in [0.717, 1.165) is 11.1 Å². The summed E-state index contributed by atoms with van der Waals surface area (Å²) in [4.78, 5) is 26.0. The van der Waals surface area contributed by atoms with Crippen LogP contribution in [0.15, 0.2) is 65.6 Å². The predicted molar refractivity (Wildman–Crippen MR) is 148 cm³/mol. The second kappa shape index (κ2) is 12.3. The smallest absolute Gasteiger partial charge is 0.296 e. The summed E-state index contributed by atoms with van der Waals surface area (Å²) in [7, 11) is -3.85. The van der Waals surface area contributed by atoms with Crippen molar-refractivity contribution in [1.29, 1.82) is 0 Å². The van der Waals surface area contributed by atoms with Crippen LogP contribution in [-0.4, -0.2) is 45.1 Å². The third-order valence-electron chi connectivity index (χ3n) is 6.54. The molecular weight excluding hydrogens is 544 g/mol. The number of halogens is 1. The molecule has 0 N–H and O–H groups in total. The van der Waals surface area contributed by atoms with Gasteiger partial charge in [-0.05, 0) is 80.6 Å². The number of ether oxygens (including phenoxy) is 1. The first-order chi connectivity index (χ1) is 18.5. The summed E-state index contributed by atoms with van der Waals surface area (Å²) in [6, 6.07) is 15.9. The summed E-state index contributed by atoms with van der Waals surface area (Å²) in [6.45, 7) is 4.00. The molecular formula is C28H29ClN2O7S. The molecule has 0 aromatic heterocycles. The number of aryl methyl sites for hydroxylation is 3. The van der Waals surface area contributed by atoms with Gasteiger partial charge in [-0.15, -0.1) is 0 Å². The molecule has 1 aliphatic rings. The Balaban J connectivity index is 1.43. The van der Waals surface area contributed by atoms with E-state index in [1.54, 1.807) is 36.1 Å². The average Bonchev–Trinajstić information content (AvgIpc) is 3.07. The van der Waals surface area contributed by atoms with Crippen LogP contribution in [0.2, 0.25) is 5.02 Å². The lowest BCUT2D eigenvalue weighted by Crippen LogP contribution is -2.38. The van der Waals surface area contributed by atoms with Crippen molar-refractivity contribution in [1.82, 2.24) is 0 Å². The van der Waals surface area contributed by atoms with Gasteiger partial charge in [0.15, 0.2) is 0 Å². The van der Waals surface area contributed by atoms with Gasteiger partial charge in [0, 0.05) is 35.0 Å². The van der Waals surface area contributed by atoms with E-state index in [1.807, 2.05) is 13.0 Å². The second-order valence-electron chi connectivity index (χ2n) is 9.42. The molecule has 1 amide bonds. The number of rotatable bonds is 9. The minimum absolute atomic E-state index is 0.0383. The highest BCUT2D eigenvalue weighted by atomic mass is 35.5. The van der Waals surface area contributed by atoms with E-state index >= 15 is 0 Å². The number of fused-ring (bicyclic) bond motifs is 1. The van der Waals surface area contributed by atoms with E-state index in [4.69, 9.17) is 20.5 Å². The molecule has 0 saturated carbocycles. The van der Waals surface area contributed by atoms with E-state index in [-0.39, 0.29) is 42.4 Å². The van der Waals surface area contributed by atoms with Gasteiger partial charge in [0.2, 0.25) is 0 Å². The summed E-state index contributed by atoms with van der Waals surface area (Å²) < 4.78 is 36.0. The van der Waals surface area contributed by atoms with Crippen LogP contribution in [0.25, 0.3) is 0 Å². The first-order valence-corrected chi connectivity index (χ1v) is 14.3. The third kappa shape index (κ3) is 7.02. The quantitative estimate of drug-likeness (QED) is 0.141. The number of nitro benzene ring substituents is 1. The summed E-state index contributed by atoms with van der Waals surface area (Å²) in [5, 5.41) is 11.7. The van der Waals surface area contributed by atoms with Crippen LogP contribution in [-0.2, 0) is 25.5 Å². The molecule has 0 fully saturated rings. The number of hydrogen-bond acceptors (Lipinski definition) is 7. The normalized spacial score (nSPS) is 15.5. The molecule has 1 unspecified atom stereocenters. The fourth-order valence-corrected chi connectivity index (χ4v) is 5.59. The molecule has 3 aromatic carbocycles. The number of nitro groups is 1. The first-order valence-electron chi connectivity index (χ1n) is 12.5. The highest BCUT2D eigenvalue weighted by Crippen LogP contribution is 2.32. The average molecular weight is 573 g/mol. The number of nitrogens with zero attached hydrogens (tertiary/aromatic N) is 2. The lowest BCUT2D eigenvalue weighted by Gasteiger charge is -2.27. The summed E-state index contributed by atoms with van der Waals surface area (Å²) in [5.41, 5.74) is 3.33. The molecule has 0 aliphatic carbocycles. The molecule has 206 valence electrons. The largest absolute Gasteiger partial charge is 0.376 e. The van der Waals surface area contributed by atoms with Gasteiger partial charge < -0.3 is 9.64 Å². The van der Waals surface area contributed by atoms with Gasteiger partial charge in [0.1, 0.15) is 0 Å². The Kier molecular flexibility index (Phi) is 9.01. The Bertz CT molecular complexity index is 1480. The lowest BCUT2D eigenvalue weighted by molar-refractivity contribution is -0.384. The zero-order chi connectivity index (χ0) is 28.2. The maximum atomic E-state index is 13.7. The zero-order valence-electron chi connectivity index (χ0n) is 21.6. The number of anilines is 1. The minimum Gasteiger partial charge on any atom is -0.376 e. The molecule has 0 spiro atoms. The summed E-state index contributed by atoms with van der Waals surface area (Å²) in [5.74, 6) is -0.297. The van der Waals surface area contributed by atoms with Crippen molar-refractivity contribution in [2.45, 2.75) is 44.1 Å². The van der Waals surface area contributed by atoms with Gasteiger partial charge in [0.05, 0.1) is 29.1 Å². The third-order valence-corrected chi connectivity index (χ3v) is 8.10. The van der Waals surface area contributed by atoms with Gasteiger partial charge >= 0.3 is 0 Å². The Labute approximate surface area is 232 Å². The summed E-state index contributed by atoms with van der Waals surface area (Å²) in [6.07, 6.45) is 1.27. The van der Waals surface area contributed by atoms with Crippen molar-refractivity contribution >= 4 is 39.0 Å². The molecule has 3 aromatic rings. The Morgan fingerprint density at radius 2 is 1.82 bits per heavy atom. The van der Waals surface area contributed by atoms with Crippen molar-refractivity contribution in [2.24, 2.45) is 0 Å². The number of carbonyl (C=O) groups excluding carboxylic acids is 1. The van der Waals surface area contributed by atoms with Gasteiger partial charge in [0.25, 0.3) is 21.7 Å². The second-order valence-corrected chi connectivity index (χ2v) is 11.5. The van der Waals surface area contributed by atoms with Crippen LogP contribution in [0.1, 0.15) is 39.9 Å². The maximum absolute atomic E-state index is 13.7. The SMILES string of the molecule is Cc1ccc(S(=O)(=O)OCCCOC2CCc3cc(Cl)ccc3N(C(=O)c3ccc([N+](=O)[O-])cc3C)C2)cc1. The predicted octanol–water partition coefficient (Wildman–Crippen LogP) is 5.64. The number of hydrogen-bond donors (Lipinski definition) is 0. The highest BCUT2D eigenvalue weighted by molar-refractivity contribution is 7.86. The Hall–Kier alpha value is -3.31. The summed E-state index contributed by atoms with van der Waals surface area (Å²) >= 11 is 6.23. The van der Waals surface area contributed by atoms with E-state index < -0.39 is 15.0 Å². The van der Waals surface area contributed by atoms with E-state index in [0.29, 0.717) is 41.1 Å². The molecule has 0 bridgehead atoms. The van der Waals surface area contributed by atoms with Crippen molar-refractivity contribution in [3.05, 3.63) is 98.1 Å². The fourth-order valence-electron chi connectivity index (χ4n) is 4.45. The number of amides is 1. The van der Waals surface area contributed by atoms with Crippen LogP contribution in [0, 0.1) is 24.0 Å². The van der Waals surface area contributed by atoms with Crippen molar-refractivity contribution in [3.63, 3.8) is 0 Å². The molecule has 9 nitrogen and oxygen atoms in total. The number of non-ortho nitro benzene ring substituents is 1. The molecule has 4 rings (SSSR count). The monoisotopic (exact) mass is 572 g/mol. The highest BCUT2D eigenvalue weighted by Gasteiger charge is 2.29. The Morgan fingerprint density at radius 3 is 2.51 bits per heavy atom. The molecule has 11 heteroatoms. The van der Waals surface area contributed by atoms with E-state index in [1.165, 1.54) is 30.3 Å². The van der Waals surface area contributed by atoms with Crippen LogP contribution in [0.5, 0.6) is 0 Å². The standard InChI is InChI=1S/C28H29ClN2O7S/c1-19-4-10-25(11-5-19)39(35,36)38-15-3-14-37-24-9-6-21-17-22(29)7-13-27(21)30(18-24)28(32)26-12-8-23(31(33)34)16-20(26)2/h4-5,7-8,10-13,16-17,24H,3,6,9,14-15,18H2,1-2H3. The van der Waals surface area contributed by atoms with Gasteiger partial charge in [-0.1, -0.05) is 29.3 Å². The lowest BCUT2D eigenvalue weighted by atomic mass is 10.0. The first kappa shape index (κ1) is 28.7. The molecule has 1 atom stereocenters. The van der Waals surface area contributed by atoms with E-state index in [9.17, 15) is 23.3 Å². The van der Waals surface area contributed by atoms with Crippen LogP contribution >= 0.6 is 11.6 Å². The molecule has 1 heterocycles.